The molecule has 3 rings (SSSR count). The number of methoxy groups -OCH3 is 1. The van der Waals surface area contributed by atoms with Gasteiger partial charge in [0.25, 0.3) is 0 Å². The summed E-state index contributed by atoms with van der Waals surface area (Å²) < 4.78 is 32.0. The molecule has 1 saturated heterocycles. The summed E-state index contributed by atoms with van der Waals surface area (Å²) in [5.74, 6) is 0.897. The molecule has 2 unspecified atom stereocenters. The maximum Gasteiger partial charge on any atom is 0.216 e. The van der Waals surface area contributed by atoms with Crippen LogP contribution in [0.2, 0.25) is 0 Å². The van der Waals surface area contributed by atoms with E-state index in [9.17, 15) is 8.42 Å². The molecule has 1 aromatic rings. The van der Waals surface area contributed by atoms with Crippen LogP contribution in [0.4, 0.5) is 0 Å². The van der Waals surface area contributed by atoms with Crippen molar-refractivity contribution in [2.75, 3.05) is 27.2 Å². The summed E-state index contributed by atoms with van der Waals surface area (Å²) >= 11 is 0. The van der Waals surface area contributed by atoms with Crippen molar-refractivity contribution in [1.29, 1.82) is 0 Å². The van der Waals surface area contributed by atoms with E-state index in [1.807, 2.05) is 6.07 Å². The van der Waals surface area contributed by atoms with E-state index in [1.54, 1.807) is 32.3 Å². The smallest absolute Gasteiger partial charge is 0.216 e. The van der Waals surface area contributed by atoms with Gasteiger partial charge in [-0.15, -0.1) is 0 Å². The van der Waals surface area contributed by atoms with Gasteiger partial charge in [0.15, 0.2) is 0 Å². The first-order chi connectivity index (χ1) is 11.3. The van der Waals surface area contributed by atoms with Gasteiger partial charge < -0.3 is 4.74 Å². The van der Waals surface area contributed by atoms with Crippen molar-refractivity contribution in [3.8, 4) is 5.75 Å². The Morgan fingerprint density at radius 2 is 2.04 bits per heavy atom. The Kier molecular flexibility index (Phi) is 4.91. The van der Waals surface area contributed by atoms with E-state index in [2.05, 4.69) is 17.0 Å². The molecule has 2 atom stereocenters. The number of benzene rings is 1. The average Bonchev–Trinajstić information content (AvgIpc) is 2.59. The van der Waals surface area contributed by atoms with Gasteiger partial charge in [-0.2, -0.15) is 0 Å². The summed E-state index contributed by atoms with van der Waals surface area (Å²) in [4.78, 5) is 2.50. The lowest BCUT2D eigenvalue weighted by molar-refractivity contribution is 0.0966. The van der Waals surface area contributed by atoms with Crippen molar-refractivity contribution < 1.29 is 13.2 Å². The van der Waals surface area contributed by atoms with Gasteiger partial charge in [-0.3, -0.25) is 4.90 Å². The van der Waals surface area contributed by atoms with Crippen molar-refractivity contribution in [1.82, 2.24) is 9.21 Å². The highest BCUT2D eigenvalue weighted by Gasteiger charge is 2.38. The molecule has 2 aliphatic rings. The summed E-state index contributed by atoms with van der Waals surface area (Å²) in [6, 6.07) is 6.69. The highest BCUT2D eigenvalue weighted by Crippen LogP contribution is 2.39. The van der Waals surface area contributed by atoms with Gasteiger partial charge in [0.05, 0.1) is 12.4 Å². The topological polar surface area (TPSA) is 49.9 Å². The zero-order valence-electron chi connectivity index (χ0n) is 15.0. The molecule has 5 nitrogen and oxygen atoms in total. The van der Waals surface area contributed by atoms with Crippen LogP contribution in [0, 0.1) is 0 Å². The Balaban J connectivity index is 1.84. The highest BCUT2D eigenvalue weighted by atomic mass is 32.2. The minimum Gasteiger partial charge on any atom is -0.497 e. The Bertz CT molecular complexity index is 702. The van der Waals surface area contributed by atoms with Gasteiger partial charge in [0.2, 0.25) is 10.0 Å². The fraction of sp³-hybridized carbons (Fsp3) is 0.667. The number of hydrogen-bond acceptors (Lipinski definition) is 4. The number of hydrogen-bond donors (Lipinski definition) is 0. The van der Waals surface area contributed by atoms with Crippen LogP contribution in [-0.4, -0.2) is 56.2 Å². The van der Waals surface area contributed by atoms with Crippen LogP contribution in [0.1, 0.15) is 43.9 Å². The molecule has 2 aliphatic heterocycles. The van der Waals surface area contributed by atoms with Crippen LogP contribution < -0.4 is 4.74 Å². The fourth-order valence-electron chi connectivity index (χ4n) is 3.97. The largest absolute Gasteiger partial charge is 0.497 e. The average molecular weight is 353 g/mol. The first kappa shape index (κ1) is 17.7. The highest BCUT2D eigenvalue weighted by molar-refractivity contribution is 7.89. The van der Waals surface area contributed by atoms with Gasteiger partial charge in [-0.1, -0.05) is 6.07 Å². The molecule has 0 aliphatic carbocycles. The number of ether oxygens (including phenoxy) is 1. The van der Waals surface area contributed by atoms with E-state index < -0.39 is 10.0 Å². The molecule has 0 saturated carbocycles. The Morgan fingerprint density at radius 3 is 2.71 bits per heavy atom. The van der Waals surface area contributed by atoms with Crippen molar-refractivity contribution in [2.24, 2.45) is 0 Å². The number of fused-ring (bicyclic) bond motifs is 3. The molecule has 0 N–H and O–H groups in total. The van der Waals surface area contributed by atoms with E-state index in [-0.39, 0.29) is 11.3 Å². The second-order valence-electron chi connectivity index (χ2n) is 7.15. The first-order valence-electron chi connectivity index (χ1n) is 8.72. The van der Waals surface area contributed by atoms with Crippen molar-refractivity contribution in [3.63, 3.8) is 0 Å². The number of piperidine rings is 1. The summed E-state index contributed by atoms with van der Waals surface area (Å²) in [6.45, 7) is 5.50. The molecule has 0 radical (unpaired) electrons. The van der Waals surface area contributed by atoms with Gasteiger partial charge >= 0.3 is 0 Å². The van der Waals surface area contributed by atoms with Crippen LogP contribution in [0.3, 0.4) is 0 Å². The number of sulfonamides is 1. The molecule has 0 amide bonds. The van der Waals surface area contributed by atoms with Crippen LogP contribution >= 0.6 is 0 Å². The van der Waals surface area contributed by atoms with Crippen LogP contribution in [0.15, 0.2) is 18.2 Å². The van der Waals surface area contributed by atoms with E-state index >= 15 is 0 Å². The zero-order valence-corrected chi connectivity index (χ0v) is 15.8. The first-order valence-corrected chi connectivity index (χ1v) is 10.2. The maximum atomic E-state index is 12.5. The normalized spacial score (nSPS) is 24.8. The van der Waals surface area contributed by atoms with Crippen LogP contribution in [0.25, 0.3) is 0 Å². The molecule has 0 aromatic heterocycles. The van der Waals surface area contributed by atoms with E-state index in [0.29, 0.717) is 6.04 Å². The third-order valence-electron chi connectivity index (χ3n) is 5.57. The fourth-order valence-corrected chi connectivity index (χ4v) is 5.24. The molecule has 2 heterocycles. The Hall–Kier alpha value is -1.11. The lowest BCUT2D eigenvalue weighted by Gasteiger charge is -2.45. The van der Waals surface area contributed by atoms with Gasteiger partial charge in [0.1, 0.15) is 5.75 Å². The van der Waals surface area contributed by atoms with Crippen LogP contribution in [-0.2, 0) is 16.4 Å². The van der Waals surface area contributed by atoms with Crippen LogP contribution in [0.5, 0.6) is 5.75 Å². The third kappa shape index (κ3) is 3.07. The SMILES string of the molecule is COc1ccc2c(c1)CCN1CCC(N(C)S(=O)(=O)C(C)C)CC21. The molecular weight excluding hydrogens is 324 g/mol. The van der Waals surface area contributed by atoms with E-state index in [1.165, 1.54) is 11.1 Å². The zero-order chi connectivity index (χ0) is 17.5. The summed E-state index contributed by atoms with van der Waals surface area (Å²) in [6.07, 6.45) is 2.81. The Labute approximate surface area is 145 Å². The summed E-state index contributed by atoms with van der Waals surface area (Å²) in [5, 5.41) is -0.372. The lowest BCUT2D eigenvalue weighted by atomic mass is 9.85. The predicted molar refractivity (Wildman–Crippen MR) is 95.9 cm³/mol. The van der Waals surface area contributed by atoms with E-state index in [0.717, 1.165) is 38.1 Å². The molecule has 1 aromatic carbocycles. The Morgan fingerprint density at radius 1 is 1.29 bits per heavy atom. The molecule has 0 spiro atoms. The maximum absolute atomic E-state index is 12.5. The molecule has 0 bridgehead atoms. The molecule has 134 valence electrons. The molecule has 1 fully saturated rings. The minimum absolute atomic E-state index is 0.0756. The third-order valence-corrected chi connectivity index (χ3v) is 7.87. The van der Waals surface area contributed by atoms with E-state index in [4.69, 9.17) is 4.74 Å². The summed E-state index contributed by atoms with van der Waals surface area (Å²) in [5.41, 5.74) is 2.67. The monoisotopic (exact) mass is 352 g/mol. The van der Waals surface area contributed by atoms with Gasteiger partial charge in [0, 0.05) is 32.2 Å². The molecular formula is C18H28N2O3S. The second kappa shape index (κ2) is 6.65. The standard InChI is InChI=1S/C18H28N2O3S/c1-13(2)24(21,22)19(3)15-8-10-20-9-7-14-11-16(23-4)5-6-17(14)18(20)12-15/h5-6,11,13,15,18H,7-10,12H2,1-4H3. The minimum atomic E-state index is -3.21. The summed E-state index contributed by atoms with van der Waals surface area (Å²) in [7, 11) is 0.230. The van der Waals surface area contributed by atoms with Crippen molar-refractivity contribution in [2.45, 2.75) is 50.4 Å². The molecule has 24 heavy (non-hydrogen) atoms. The number of rotatable bonds is 4. The van der Waals surface area contributed by atoms with Crippen molar-refractivity contribution >= 4 is 10.0 Å². The van der Waals surface area contributed by atoms with Gasteiger partial charge in [-0.05, 0) is 56.4 Å². The quantitative estimate of drug-likeness (QED) is 0.835. The van der Waals surface area contributed by atoms with Gasteiger partial charge in [-0.25, -0.2) is 12.7 Å². The lowest BCUT2D eigenvalue weighted by Crippen LogP contribution is -2.50. The predicted octanol–water partition coefficient (Wildman–Crippen LogP) is 2.43. The second-order valence-corrected chi connectivity index (χ2v) is 9.70. The molecule has 6 heteroatoms. The van der Waals surface area contributed by atoms with Crippen molar-refractivity contribution in [3.05, 3.63) is 29.3 Å². The number of nitrogens with zero attached hydrogens (tertiary/aromatic N) is 2.